The number of carbonyl (C=O) groups is 1. The van der Waals surface area contributed by atoms with E-state index in [1.807, 2.05) is 29.2 Å². The molecule has 2 aliphatic rings. The summed E-state index contributed by atoms with van der Waals surface area (Å²) in [4.78, 5) is 21.5. The molecule has 1 amide bonds. The van der Waals surface area contributed by atoms with Crippen LogP contribution >= 0.6 is 0 Å². The minimum atomic E-state index is 0.118. The topological polar surface area (TPSA) is 62.5 Å². The van der Waals surface area contributed by atoms with Crippen molar-refractivity contribution < 1.29 is 9.32 Å². The van der Waals surface area contributed by atoms with Gasteiger partial charge in [0.05, 0.1) is 0 Å². The van der Waals surface area contributed by atoms with E-state index in [9.17, 15) is 4.79 Å². The third-order valence-corrected chi connectivity index (χ3v) is 5.41. The number of rotatable bonds is 3. The number of hydrogen-bond donors (Lipinski definition) is 0. The number of carbonyl (C=O) groups excluding carboxylic acids is 1. The molecule has 0 bridgehead atoms. The Morgan fingerprint density at radius 3 is 2.52 bits per heavy atom. The molecule has 25 heavy (non-hydrogen) atoms. The van der Waals surface area contributed by atoms with Crippen molar-refractivity contribution >= 4 is 5.91 Å². The molecule has 6 nitrogen and oxygen atoms in total. The van der Waals surface area contributed by atoms with Gasteiger partial charge < -0.3 is 9.42 Å². The lowest BCUT2D eigenvalue weighted by Crippen LogP contribution is -2.38. The summed E-state index contributed by atoms with van der Waals surface area (Å²) in [6, 6.07) is 8.20. The Hall–Kier alpha value is -2.21. The van der Waals surface area contributed by atoms with Crippen LogP contribution in [0, 0.1) is 0 Å². The highest BCUT2D eigenvalue weighted by Crippen LogP contribution is 2.24. The van der Waals surface area contributed by atoms with E-state index in [0.29, 0.717) is 5.82 Å². The molecule has 1 saturated heterocycles. The lowest BCUT2D eigenvalue weighted by molar-refractivity contribution is 0.0758. The van der Waals surface area contributed by atoms with Gasteiger partial charge >= 0.3 is 0 Å². The van der Waals surface area contributed by atoms with Gasteiger partial charge in [-0.05, 0) is 31.4 Å². The van der Waals surface area contributed by atoms with Crippen LogP contribution in [0.3, 0.4) is 0 Å². The van der Waals surface area contributed by atoms with Crippen LogP contribution in [0.1, 0.15) is 42.5 Å². The molecule has 6 heteroatoms. The Kier molecular flexibility index (Phi) is 4.78. The molecule has 1 aromatic carbocycles. The molecule has 1 aliphatic heterocycles. The summed E-state index contributed by atoms with van der Waals surface area (Å²) in [5, 5.41) is 3.82. The van der Waals surface area contributed by atoms with Crippen LogP contribution in [0.2, 0.25) is 0 Å². The number of benzene rings is 1. The third kappa shape index (κ3) is 3.58. The summed E-state index contributed by atoms with van der Waals surface area (Å²) in [5.41, 5.74) is 1.58. The maximum absolute atomic E-state index is 12.8. The summed E-state index contributed by atoms with van der Waals surface area (Å²) in [6.45, 7) is 3.78. The van der Waals surface area contributed by atoms with Crippen molar-refractivity contribution in [3.05, 3.63) is 36.2 Å². The van der Waals surface area contributed by atoms with Gasteiger partial charge in [0.25, 0.3) is 5.91 Å². The van der Waals surface area contributed by atoms with Gasteiger partial charge in [-0.1, -0.05) is 30.1 Å². The van der Waals surface area contributed by atoms with Crippen LogP contribution < -0.4 is 0 Å². The first-order valence-electron chi connectivity index (χ1n) is 9.21. The minimum absolute atomic E-state index is 0.118. The standard InChI is InChI=1S/C19H24N4O2/c24-19(16-8-6-15(7-9-16)18-20-14-25-21-18)23-11-3-10-22(12-13-23)17-4-1-2-5-17/h6-9,14,17H,1-5,10-13H2. The molecule has 0 radical (unpaired) electrons. The molecule has 1 saturated carbocycles. The number of aromatic nitrogens is 2. The van der Waals surface area contributed by atoms with Gasteiger partial charge in [0.1, 0.15) is 0 Å². The second kappa shape index (κ2) is 7.35. The second-order valence-corrected chi connectivity index (χ2v) is 6.95. The Labute approximate surface area is 147 Å². The zero-order valence-corrected chi connectivity index (χ0v) is 14.4. The number of amides is 1. The van der Waals surface area contributed by atoms with E-state index in [1.165, 1.54) is 32.1 Å². The van der Waals surface area contributed by atoms with Gasteiger partial charge in [0.15, 0.2) is 0 Å². The quantitative estimate of drug-likeness (QED) is 0.860. The Morgan fingerprint density at radius 2 is 1.80 bits per heavy atom. The highest BCUT2D eigenvalue weighted by molar-refractivity contribution is 5.94. The largest absolute Gasteiger partial charge is 0.342 e. The molecule has 0 N–H and O–H groups in total. The molecule has 1 aliphatic carbocycles. The van der Waals surface area contributed by atoms with Gasteiger partial charge in [0, 0.05) is 43.3 Å². The summed E-state index contributed by atoms with van der Waals surface area (Å²) < 4.78 is 4.77. The molecule has 132 valence electrons. The smallest absolute Gasteiger partial charge is 0.253 e. The number of hydrogen-bond acceptors (Lipinski definition) is 5. The van der Waals surface area contributed by atoms with Crippen LogP contribution in [0.15, 0.2) is 35.2 Å². The van der Waals surface area contributed by atoms with Gasteiger partial charge in [0.2, 0.25) is 12.2 Å². The van der Waals surface area contributed by atoms with Crippen molar-refractivity contribution in [2.75, 3.05) is 26.2 Å². The van der Waals surface area contributed by atoms with Crippen molar-refractivity contribution in [3.8, 4) is 11.4 Å². The second-order valence-electron chi connectivity index (χ2n) is 6.95. The van der Waals surface area contributed by atoms with Crippen molar-refractivity contribution in [1.29, 1.82) is 0 Å². The van der Waals surface area contributed by atoms with E-state index in [1.54, 1.807) is 0 Å². The average Bonchev–Trinajstić information content (AvgIpc) is 3.32. The van der Waals surface area contributed by atoms with Gasteiger partial charge in [-0.15, -0.1) is 0 Å². The van der Waals surface area contributed by atoms with Crippen molar-refractivity contribution in [3.63, 3.8) is 0 Å². The average molecular weight is 340 g/mol. The van der Waals surface area contributed by atoms with E-state index >= 15 is 0 Å². The highest BCUT2D eigenvalue weighted by Gasteiger charge is 2.26. The van der Waals surface area contributed by atoms with E-state index < -0.39 is 0 Å². The van der Waals surface area contributed by atoms with E-state index in [4.69, 9.17) is 4.52 Å². The Morgan fingerprint density at radius 1 is 1.00 bits per heavy atom. The zero-order chi connectivity index (χ0) is 17.1. The molecule has 1 aromatic heterocycles. The van der Waals surface area contributed by atoms with Crippen LogP contribution in [-0.2, 0) is 0 Å². The lowest BCUT2D eigenvalue weighted by atomic mass is 10.1. The van der Waals surface area contributed by atoms with Crippen molar-refractivity contribution in [2.45, 2.75) is 38.1 Å². The molecule has 4 rings (SSSR count). The first-order chi connectivity index (χ1) is 12.3. The molecule has 0 atom stereocenters. The Bertz CT molecular complexity index is 693. The maximum atomic E-state index is 12.8. The predicted octanol–water partition coefficient (Wildman–Crippen LogP) is 2.83. The summed E-state index contributed by atoms with van der Waals surface area (Å²) in [7, 11) is 0. The fraction of sp³-hybridized carbons (Fsp3) is 0.526. The van der Waals surface area contributed by atoms with Gasteiger partial charge in [-0.3, -0.25) is 9.69 Å². The highest BCUT2D eigenvalue weighted by atomic mass is 16.5. The van der Waals surface area contributed by atoms with Crippen LogP contribution in [0.4, 0.5) is 0 Å². The number of nitrogens with zero attached hydrogens (tertiary/aromatic N) is 4. The molecular weight excluding hydrogens is 316 g/mol. The van der Waals surface area contributed by atoms with Crippen LogP contribution in [0.25, 0.3) is 11.4 Å². The first kappa shape index (κ1) is 16.3. The fourth-order valence-electron chi connectivity index (χ4n) is 4.02. The normalized spacial score (nSPS) is 19.9. The Balaban J connectivity index is 1.40. The maximum Gasteiger partial charge on any atom is 0.253 e. The van der Waals surface area contributed by atoms with Crippen LogP contribution in [-0.4, -0.2) is 58.1 Å². The van der Waals surface area contributed by atoms with Crippen molar-refractivity contribution in [2.24, 2.45) is 0 Å². The minimum Gasteiger partial charge on any atom is -0.342 e. The zero-order valence-electron chi connectivity index (χ0n) is 14.4. The molecule has 2 fully saturated rings. The van der Waals surface area contributed by atoms with Crippen molar-refractivity contribution in [1.82, 2.24) is 19.9 Å². The summed E-state index contributed by atoms with van der Waals surface area (Å²) >= 11 is 0. The van der Waals surface area contributed by atoms with Gasteiger partial charge in [-0.25, -0.2) is 0 Å². The lowest BCUT2D eigenvalue weighted by Gasteiger charge is -2.27. The predicted molar refractivity (Wildman–Crippen MR) is 94.1 cm³/mol. The van der Waals surface area contributed by atoms with E-state index in [0.717, 1.165) is 49.8 Å². The summed E-state index contributed by atoms with van der Waals surface area (Å²) in [5.74, 6) is 0.661. The third-order valence-electron chi connectivity index (χ3n) is 5.41. The molecule has 2 heterocycles. The molecule has 2 aromatic rings. The first-order valence-corrected chi connectivity index (χ1v) is 9.21. The van der Waals surface area contributed by atoms with Gasteiger partial charge in [-0.2, -0.15) is 4.98 Å². The van der Waals surface area contributed by atoms with Crippen LogP contribution in [0.5, 0.6) is 0 Å². The molecule has 0 unspecified atom stereocenters. The molecular formula is C19H24N4O2. The SMILES string of the molecule is O=C(c1ccc(-c2ncon2)cc1)N1CCCN(C2CCCC2)CC1. The monoisotopic (exact) mass is 340 g/mol. The van der Waals surface area contributed by atoms with E-state index in [-0.39, 0.29) is 5.91 Å². The summed E-state index contributed by atoms with van der Waals surface area (Å²) in [6.07, 6.45) is 7.73. The molecule has 0 spiro atoms. The fourth-order valence-corrected chi connectivity index (χ4v) is 4.02. The van der Waals surface area contributed by atoms with E-state index in [2.05, 4.69) is 15.0 Å².